The van der Waals surface area contributed by atoms with Crippen LogP contribution in [0.1, 0.15) is 13.8 Å². The molecule has 0 spiro atoms. The number of amides is 3. The van der Waals surface area contributed by atoms with Crippen molar-refractivity contribution < 1.29 is 9.59 Å². The minimum Gasteiger partial charge on any atom is -0.351 e. The summed E-state index contributed by atoms with van der Waals surface area (Å²) >= 11 is 0. The van der Waals surface area contributed by atoms with E-state index in [1.54, 1.807) is 6.92 Å². The number of urea groups is 1. The Bertz CT molecular complexity index is 256. The first kappa shape index (κ1) is 11.9. The van der Waals surface area contributed by atoms with E-state index in [1.807, 2.05) is 6.92 Å². The fraction of sp³-hybridized carbons (Fsp3) is 0.778. The smallest absolute Gasteiger partial charge is 0.318 e. The van der Waals surface area contributed by atoms with Crippen LogP contribution < -0.4 is 16.4 Å². The number of piperazine rings is 1. The van der Waals surface area contributed by atoms with Gasteiger partial charge in [-0.15, -0.1) is 0 Å². The summed E-state index contributed by atoms with van der Waals surface area (Å²) in [4.78, 5) is 24.1. The Balaban J connectivity index is 2.53. The summed E-state index contributed by atoms with van der Waals surface area (Å²) in [6.45, 7) is 6.33. The molecule has 1 aliphatic heterocycles. The number of imide groups is 1. The molecule has 0 aromatic rings. The topological polar surface area (TPSA) is 87.5 Å². The molecule has 1 rings (SSSR count). The molecule has 0 bridgehead atoms. The largest absolute Gasteiger partial charge is 0.351 e. The first-order chi connectivity index (χ1) is 7.02. The molecule has 1 unspecified atom stereocenters. The number of nitrogens with zero attached hydrogens (tertiary/aromatic N) is 1. The Labute approximate surface area is 89.2 Å². The second-order valence-electron chi connectivity index (χ2n) is 3.82. The Kier molecular flexibility index (Phi) is 4.05. The van der Waals surface area contributed by atoms with Crippen molar-refractivity contribution in [2.75, 3.05) is 19.6 Å². The lowest BCUT2D eigenvalue weighted by Gasteiger charge is -2.37. The SMILES string of the molecule is CC(C(=O)NC(N)=O)N1CCNC[C@@H]1C. The summed E-state index contributed by atoms with van der Waals surface area (Å²) in [5.74, 6) is -0.337. The summed E-state index contributed by atoms with van der Waals surface area (Å²) in [5.41, 5.74) is 4.89. The molecule has 0 aliphatic carbocycles. The molecule has 1 fully saturated rings. The third-order valence-corrected chi connectivity index (χ3v) is 2.68. The van der Waals surface area contributed by atoms with E-state index in [-0.39, 0.29) is 18.0 Å². The van der Waals surface area contributed by atoms with Crippen LogP contribution in [0.15, 0.2) is 0 Å². The molecule has 0 aromatic carbocycles. The average Bonchev–Trinajstić information content (AvgIpc) is 2.16. The third kappa shape index (κ3) is 3.17. The molecule has 1 heterocycles. The molecule has 1 aliphatic rings. The van der Waals surface area contributed by atoms with E-state index in [0.717, 1.165) is 19.6 Å². The predicted octanol–water partition coefficient (Wildman–Crippen LogP) is -1.14. The van der Waals surface area contributed by atoms with Crippen LogP contribution in [-0.4, -0.2) is 48.6 Å². The summed E-state index contributed by atoms with van der Waals surface area (Å²) in [6.07, 6.45) is 0. The molecular weight excluding hydrogens is 196 g/mol. The van der Waals surface area contributed by atoms with Crippen LogP contribution in [0.3, 0.4) is 0 Å². The van der Waals surface area contributed by atoms with Crippen LogP contribution >= 0.6 is 0 Å². The van der Waals surface area contributed by atoms with Crippen LogP contribution in [0.5, 0.6) is 0 Å². The van der Waals surface area contributed by atoms with Gasteiger partial charge in [-0.05, 0) is 13.8 Å². The molecule has 4 N–H and O–H groups in total. The quantitative estimate of drug-likeness (QED) is 0.542. The first-order valence-corrected chi connectivity index (χ1v) is 5.09. The summed E-state index contributed by atoms with van der Waals surface area (Å²) in [5, 5.41) is 5.33. The lowest BCUT2D eigenvalue weighted by molar-refractivity contribution is -0.125. The number of hydrogen-bond acceptors (Lipinski definition) is 4. The highest BCUT2D eigenvalue weighted by Crippen LogP contribution is 2.07. The van der Waals surface area contributed by atoms with Crippen molar-refractivity contribution in [2.24, 2.45) is 5.73 Å². The van der Waals surface area contributed by atoms with Gasteiger partial charge in [0.05, 0.1) is 6.04 Å². The number of nitrogens with one attached hydrogen (secondary N) is 2. The van der Waals surface area contributed by atoms with Gasteiger partial charge in [0.15, 0.2) is 0 Å². The Morgan fingerprint density at radius 2 is 2.27 bits per heavy atom. The van der Waals surface area contributed by atoms with Gasteiger partial charge in [-0.25, -0.2) is 4.79 Å². The van der Waals surface area contributed by atoms with Crippen molar-refractivity contribution in [1.29, 1.82) is 0 Å². The van der Waals surface area contributed by atoms with Gasteiger partial charge in [-0.3, -0.25) is 15.0 Å². The Morgan fingerprint density at radius 3 is 2.80 bits per heavy atom. The van der Waals surface area contributed by atoms with Crippen molar-refractivity contribution >= 4 is 11.9 Å². The molecule has 6 nitrogen and oxygen atoms in total. The standard InChI is InChI=1S/C9H18N4O2/c1-6-5-11-3-4-13(6)7(2)8(14)12-9(10)15/h6-7,11H,3-5H2,1-2H3,(H3,10,12,14,15)/t6-,7?/m0/s1. The number of rotatable bonds is 2. The minimum absolute atomic E-state index is 0.285. The zero-order valence-electron chi connectivity index (χ0n) is 9.12. The first-order valence-electron chi connectivity index (χ1n) is 5.09. The third-order valence-electron chi connectivity index (χ3n) is 2.68. The zero-order chi connectivity index (χ0) is 11.4. The summed E-state index contributed by atoms with van der Waals surface area (Å²) < 4.78 is 0. The fourth-order valence-electron chi connectivity index (χ4n) is 1.81. The number of carbonyl (C=O) groups is 2. The predicted molar refractivity (Wildman–Crippen MR) is 56.2 cm³/mol. The Hall–Kier alpha value is -1.14. The average molecular weight is 214 g/mol. The molecule has 1 saturated heterocycles. The van der Waals surface area contributed by atoms with Gasteiger partial charge in [0, 0.05) is 25.7 Å². The van der Waals surface area contributed by atoms with Gasteiger partial charge in [0.25, 0.3) is 0 Å². The normalized spacial score (nSPS) is 24.5. The lowest BCUT2D eigenvalue weighted by atomic mass is 10.1. The van der Waals surface area contributed by atoms with Gasteiger partial charge in [0.1, 0.15) is 0 Å². The van der Waals surface area contributed by atoms with E-state index in [1.165, 1.54) is 0 Å². The van der Waals surface area contributed by atoms with Crippen molar-refractivity contribution in [3.8, 4) is 0 Å². The van der Waals surface area contributed by atoms with E-state index in [2.05, 4.69) is 15.5 Å². The number of primary amides is 1. The molecule has 0 aromatic heterocycles. The van der Waals surface area contributed by atoms with Crippen molar-refractivity contribution in [3.63, 3.8) is 0 Å². The summed E-state index contributed by atoms with van der Waals surface area (Å²) in [6, 6.07) is -0.836. The molecule has 3 amide bonds. The van der Waals surface area contributed by atoms with E-state index < -0.39 is 6.03 Å². The van der Waals surface area contributed by atoms with E-state index in [4.69, 9.17) is 5.73 Å². The highest BCUT2D eigenvalue weighted by molar-refractivity contribution is 5.96. The molecule has 6 heteroatoms. The van der Waals surface area contributed by atoms with Crippen LogP contribution in [0.2, 0.25) is 0 Å². The molecule has 2 atom stereocenters. The van der Waals surface area contributed by atoms with Crippen LogP contribution in [0.4, 0.5) is 4.79 Å². The monoisotopic (exact) mass is 214 g/mol. The molecule has 15 heavy (non-hydrogen) atoms. The van der Waals surface area contributed by atoms with Gasteiger partial charge in [0.2, 0.25) is 5.91 Å². The highest BCUT2D eigenvalue weighted by atomic mass is 16.2. The molecule has 0 saturated carbocycles. The van der Waals surface area contributed by atoms with E-state index in [9.17, 15) is 9.59 Å². The van der Waals surface area contributed by atoms with Crippen LogP contribution in [0, 0.1) is 0 Å². The minimum atomic E-state index is -0.797. The molecule has 0 radical (unpaired) electrons. The van der Waals surface area contributed by atoms with Gasteiger partial charge >= 0.3 is 6.03 Å². The van der Waals surface area contributed by atoms with E-state index in [0.29, 0.717) is 0 Å². The second-order valence-corrected chi connectivity index (χ2v) is 3.82. The molecule has 86 valence electrons. The maximum absolute atomic E-state index is 11.5. The zero-order valence-corrected chi connectivity index (χ0v) is 9.12. The van der Waals surface area contributed by atoms with Gasteiger partial charge in [-0.1, -0.05) is 0 Å². The fourth-order valence-corrected chi connectivity index (χ4v) is 1.81. The number of hydrogen-bond donors (Lipinski definition) is 3. The van der Waals surface area contributed by atoms with Crippen LogP contribution in [0.25, 0.3) is 0 Å². The van der Waals surface area contributed by atoms with Crippen LogP contribution in [-0.2, 0) is 4.79 Å². The Morgan fingerprint density at radius 1 is 1.60 bits per heavy atom. The number of nitrogens with two attached hydrogens (primary N) is 1. The van der Waals surface area contributed by atoms with E-state index >= 15 is 0 Å². The second kappa shape index (κ2) is 5.09. The summed E-state index contributed by atoms with van der Waals surface area (Å²) in [7, 11) is 0. The maximum Gasteiger partial charge on any atom is 0.318 e. The number of carbonyl (C=O) groups excluding carboxylic acids is 2. The van der Waals surface area contributed by atoms with Crippen molar-refractivity contribution in [2.45, 2.75) is 25.9 Å². The lowest BCUT2D eigenvalue weighted by Crippen LogP contribution is -2.57. The van der Waals surface area contributed by atoms with Crippen molar-refractivity contribution in [1.82, 2.24) is 15.5 Å². The van der Waals surface area contributed by atoms with Crippen molar-refractivity contribution in [3.05, 3.63) is 0 Å². The molecular formula is C9H18N4O2. The van der Waals surface area contributed by atoms with Gasteiger partial charge in [-0.2, -0.15) is 0 Å². The highest BCUT2D eigenvalue weighted by Gasteiger charge is 2.27. The maximum atomic E-state index is 11.5. The van der Waals surface area contributed by atoms with Gasteiger partial charge < -0.3 is 11.1 Å².